The molecule has 0 aliphatic carbocycles. The van der Waals surface area contributed by atoms with Crippen LogP contribution in [0.2, 0.25) is 20.1 Å². The topological polar surface area (TPSA) is 357 Å². The molecule has 0 saturated heterocycles. The summed E-state index contributed by atoms with van der Waals surface area (Å²) in [6.45, 7) is 8.48. The molecule has 448 valence electrons. The second kappa shape index (κ2) is 41.9. The van der Waals surface area contributed by atoms with Crippen molar-refractivity contribution in [1.29, 1.82) is 0 Å². The standard InChI is InChI=1S/4C9H7ClN4.2C8H10.2ClHO4.2Cu/c4*10-9-3-1-8(2-4-9)5-13-14-6-11-12-7-14;2*1-7-5-3-4-6-8(7)2;2*2-1(3,4)5;;/h4*1-7H;2*3-6H,1-2H3;2*(H,2,3,4,5);;/q;;;;;;;;2*+1/p-2/b4*13-5+;;;;;;. The van der Waals surface area contributed by atoms with Crippen molar-refractivity contribution in [2.24, 2.45) is 20.4 Å². The zero-order valence-corrected chi connectivity index (χ0v) is 50.5. The summed E-state index contributed by atoms with van der Waals surface area (Å²) in [4.78, 5) is 0. The summed E-state index contributed by atoms with van der Waals surface area (Å²) >= 11 is 23.0. The number of nitrogens with zero attached hydrogens (tertiary/aromatic N) is 16. The number of hydrogen-bond donors (Lipinski definition) is 0. The Balaban J connectivity index is 0.000000491. The normalized spacial score (nSPS) is 10.5. The van der Waals surface area contributed by atoms with Crippen molar-refractivity contribution >= 4 is 71.3 Å². The Bertz CT molecular complexity index is 2930. The smallest absolute Gasteiger partial charge is 0.222 e. The molecule has 10 aromatic rings. The molecule has 0 radical (unpaired) electrons. The maximum absolute atomic E-state index is 8.49. The van der Waals surface area contributed by atoms with Crippen LogP contribution in [0.1, 0.15) is 44.5 Å². The van der Waals surface area contributed by atoms with Gasteiger partial charge in [-0.1, -0.05) is 143 Å². The van der Waals surface area contributed by atoms with Gasteiger partial charge in [0.2, 0.25) is 0 Å². The molecule has 4 aromatic heterocycles. The molecule has 6 aromatic carbocycles. The Hall–Kier alpha value is -6.98. The molecule has 0 aliphatic rings. The first-order valence-corrected chi connectivity index (χ1v) is 26.8. The van der Waals surface area contributed by atoms with Gasteiger partial charge in [0.1, 0.15) is 50.6 Å². The summed E-state index contributed by atoms with van der Waals surface area (Å²) in [6, 6.07) is 46.3. The van der Waals surface area contributed by atoms with E-state index >= 15 is 0 Å². The summed E-state index contributed by atoms with van der Waals surface area (Å²) in [5.74, 6) is 0. The van der Waals surface area contributed by atoms with Gasteiger partial charge >= 0.3 is 34.1 Å². The Morgan fingerprint density at radius 2 is 0.440 bits per heavy atom. The van der Waals surface area contributed by atoms with E-state index < -0.39 is 20.5 Å². The molecule has 0 N–H and O–H groups in total. The molecular weight excluding hydrogens is 1320 g/mol. The van der Waals surface area contributed by atoms with Gasteiger partial charge in [0.05, 0.1) is 24.9 Å². The van der Waals surface area contributed by atoms with Gasteiger partial charge in [-0.15, -0.1) is 61.3 Å². The van der Waals surface area contributed by atoms with Crippen molar-refractivity contribution in [3.8, 4) is 0 Å². The molecule has 0 unspecified atom stereocenters. The van der Waals surface area contributed by atoms with Crippen LogP contribution in [0.4, 0.5) is 0 Å². The largest absolute Gasteiger partial charge is 1.00 e. The van der Waals surface area contributed by atoms with E-state index in [0.717, 1.165) is 22.3 Å². The molecule has 0 fully saturated rings. The Morgan fingerprint density at radius 1 is 0.298 bits per heavy atom. The predicted octanol–water partition coefficient (Wildman–Crippen LogP) is 2.34. The SMILES string of the molecule is Cc1ccccc1C.Cc1ccccc1C.Clc1ccc(/C=N/n2cnnc2)cc1.Clc1ccc(/C=N/n2cnnc2)cc1.Clc1ccc(/C=N/n2cnnc2)cc1.Clc1ccc(/C=N/n2cnnc2)cc1.[Cu+].[Cu+].[O-][Cl+3]([O-])([O-])[O-].[O-][Cl+3]([O-])([O-])[O-]. The minimum absolute atomic E-state index is 0. The maximum Gasteiger partial charge on any atom is 1.00 e. The van der Waals surface area contributed by atoms with E-state index in [9.17, 15) is 0 Å². The minimum atomic E-state index is -4.94. The van der Waals surface area contributed by atoms with E-state index in [4.69, 9.17) is 83.7 Å². The van der Waals surface area contributed by atoms with Crippen molar-refractivity contribution in [1.82, 2.24) is 59.5 Å². The average Bonchev–Trinajstić information content (AvgIpc) is 4.32. The van der Waals surface area contributed by atoms with Gasteiger partial charge in [0.15, 0.2) is 0 Å². The summed E-state index contributed by atoms with van der Waals surface area (Å²) in [5.41, 5.74) is 9.37. The van der Waals surface area contributed by atoms with E-state index in [-0.39, 0.29) is 34.1 Å². The number of rotatable bonds is 8. The number of aromatic nitrogens is 12. The fourth-order valence-electron chi connectivity index (χ4n) is 5.07. The van der Waals surface area contributed by atoms with Crippen LogP contribution in [0.3, 0.4) is 0 Å². The van der Waals surface area contributed by atoms with E-state index in [1.807, 2.05) is 97.1 Å². The van der Waals surface area contributed by atoms with Crippen LogP contribution >= 0.6 is 46.4 Å². The van der Waals surface area contributed by atoms with Crippen molar-refractivity contribution in [2.45, 2.75) is 27.7 Å². The third-order valence-corrected chi connectivity index (χ3v) is 10.3. The number of benzene rings is 6. The zero-order valence-electron chi connectivity index (χ0n) is 44.1. The van der Waals surface area contributed by atoms with Crippen molar-refractivity contribution in [3.63, 3.8) is 0 Å². The Kier molecular flexibility index (Phi) is 37.4. The molecule has 0 amide bonds. The Morgan fingerprint density at radius 3 is 0.571 bits per heavy atom. The average molecular weight is 1360 g/mol. The molecule has 0 spiro atoms. The van der Waals surface area contributed by atoms with Crippen LogP contribution in [0.25, 0.3) is 0 Å². The number of aryl methyl sites for hydroxylation is 4. The molecule has 32 heteroatoms. The molecule has 24 nitrogen and oxygen atoms in total. The van der Waals surface area contributed by atoms with Gasteiger partial charge in [-0.2, -0.15) is 20.4 Å². The predicted molar refractivity (Wildman–Crippen MR) is 290 cm³/mol. The summed E-state index contributed by atoms with van der Waals surface area (Å²) in [5, 5.41) is 48.2. The maximum atomic E-state index is 8.49. The summed E-state index contributed by atoms with van der Waals surface area (Å²) in [6.07, 6.45) is 19.0. The molecule has 84 heavy (non-hydrogen) atoms. The first-order valence-electron chi connectivity index (χ1n) is 22.8. The van der Waals surface area contributed by atoms with Gasteiger partial charge in [-0.25, -0.2) is 56.0 Å². The first-order chi connectivity index (χ1) is 39.0. The van der Waals surface area contributed by atoms with Crippen LogP contribution in [0.5, 0.6) is 0 Å². The van der Waals surface area contributed by atoms with Gasteiger partial charge in [-0.05, 0) is 121 Å². The van der Waals surface area contributed by atoms with Crippen molar-refractivity contribution in [2.75, 3.05) is 0 Å². The van der Waals surface area contributed by atoms with Crippen molar-refractivity contribution < 1.29 is 91.9 Å². The van der Waals surface area contributed by atoms with Crippen LogP contribution in [-0.2, 0) is 34.1 Å². The van der Waals surface area contributed by atoms with Crippen LogP contribution in [0, 0.1) is 48.2 Å². The van der Waals surface area contributed by atoms with Crippen LogP contribution < -0.4 is 37.3 Å². The first kappa shape index (κ1) is 75.0. The van der Waals surface area contributed by atoms with E-state index in [1.54, 1.807) is 24.9 Å². The molecule has 0 atom stereocenters. The van der Waals surface area contributed by atoms with E-state index in [0.29, 0.717) is 20.1 Å². The van der Waals surface area contributed by atoms with Crippen LogP contribution in [-0.4, -0.2) is 84.4 Å². The van der Waals surface area contributed by atoms with E-state index in [2.05, 4.69) is 137 Å². The third kappa shape index (κ3) is 38.7. The minimum Gasteiger partial charge on any atom is -0.222 e. The molecule has 0 bridgehead atoms. The number of halogens is 6. The summed E-state index contributed by atoms with van der Waals surface area (Å²) in [7, 11) is -9.89. The monoisotopic (exact) mass is 1360 g/mol. The second-order valence-electron chi connectivity index (χ2n) is 15.5. The van der Waals surface area contributed by atoms with E-state index in [1.165, 1.54) is 91.6 Å². The third-order valence-electron chi connectivity index (χ3n) is 9.32. The van der Waals surface area contributed by atoms with Crippen LogP contribution in [0.15, 0.2) is 217 Å². The summed E-state index contributed by atoms with van der Waals surface area (Å²) < 4.78 is 74.0. The van der Waals surface area contributed by atoms with Gasteiger partial charge < -0.3 is 0 Å². The molecule has 0 aliphatic heterocycles. The Labute approximate surface area is 527 Å². The van der Waals surface area contributed by atoms with Gasteiger partial charge in [0, 0.05) is 20.1 Å². The van der Waals surface area contributed by atoms with Gasteiger partial charge in [-0.3, -0.25) is 0 Å². The molecular formula is C52H48Cl6Cu2N16O8. The molecule has 0 saturated carbocycles. The molecule has 4 heterocycles. The van der Waals surface area contributed by atoms with Crippen molar-refractivity contribution in [3.05, 3.63) is 261 Å². The number of hydrogen-bond acceptors (Lipinski definition) is 20. The van der Waals surface area contributed by atoms with Gasteiger partial charge in [0.25, 0.3) is 0 Å². The molecule has 10 rings (SSSR count). The quantitative estimate of drug-likeness (QED) is 0.156. The fourth-order valence-corrected chi connectivity index (χ4v) is 5.58. The second-order valence-corrected chi connectivity index (χ2v) is 18.7. The zero-order chi connectivity index (χ0) is 60.2. The fraction of sp³-hybridized carbons (Fsp3) is 0.0769.